The minimum atomic E-state index is -0.0595. The van der Waals surface area contributed by atoms with E-state index in [1.807, 2.05) is 0 Å². The van der Waals surface area contributed by atoms with Gasteiger partial charge in [0, 0.05) is 5.92 Å². The summed E-state index contributed by atoms with van der Waals surface area (Å²) in [6, 6.07) is 0. The number of nitrogens with one attached hydrogen (secondary N) is 1. The monoisotopic (exact) mass is 215 g/mol. The Morgan fingerprint density at radius 1 is 1.64 bits per heavy atom. The molecule has 0 fully saturated rings. The van der Waals surface area contributed by atoms with Gasteiger partial charge in [0.25, 0.3) is 0 Å². The molecule has 1 rings (SSSR count). The second-order valence-electron chi connectivity index (χ2n) is 3.54. The molecule has 1 atom stereocenters. The van der Waals surface area contributed by atoms with E-state index in [1.54, 1.807) is 0 Å². The molecular formula is C9H17N3OS. The van der Waals surface area contributed by atoms with Crippen molar-refractivity contribution in [2.75, 3.05) is 20.1 Å². The van der Waals surface area contributed by atoms with Crippen LogP contribution in [0.5, 0.6) is 0 Å². The third-order valence-electron chi connectivity index (χ3n) is 2.36. The first-order valence-electron chi connectivity index (χ1n) is 4.87. The van der Waals surface area contributed by atoms with Gasteiger partial charge in [-0.15, -0.1) is 0 Å². The first-order valence-corrected chi connectivity index (χ1v) is 5.69. The third-order valence-corrected chi connectivity index (χ3v) is 3.34. The number of nitrogens with zero attached hydrogens (tertiary/aromatic N) is 2. The molecular weight excluding hydrogens is 198 g/mol. The molecule has 1 N–H and O–H groups in total. The van der Waals surface area contributed by atoms with Crippen molar-refractivity contribution in [3.63, 3.8) is 0 Å². The Hall–Kier alpha value is -0.680. The number of aromatic amines is 1. The maximum atomic E-state index is 10.9. The molecule has 0 bridgehead atoms. The summed E-state index contributed by atoms with van der Waals surface area (Å²) in [5, 5.41) is 7.35. The molecule has 0 saturated heterocycles. The number of rotatable bonds is 5. The Balaban J connectivity index is 2.42. The van der Waals surface area contributed by atoms with Crippen LogP contribution in [0.15, 0.2) is 4.79 Å². The number of hydrogen-bond donors (Lipinski definition) is 1. The van der Waals surface area contributed by atoms with Gasteiger partial charge in [-0.3, -0.25) is 4.79 Å². The summed E-state index contributed by atoms with van der Waals surface area (Å²) in [5.41, 5.74) is 0. The van der Waals surface area contributed by atoms with E-state index < -0.39 is 0 Å². The molecule has 0 radical (unpaired) electrons. The van der Waals surface area contributed by atoms with Gasteiger partial charge in [-0.1, -0.05) is 25.2 Å². The van der Waals surface area contributed by atoms with Gasteiger partial charge in [0.2, 0.25) is 0 Å². The number of hydrogen-bond acceptors (Lipinski definition) is 4. The normalized spacial score (nSPS) is 13.4. The van der Waals surface area contributed by atoms with Gasteiger partial charge < -0.3 is 4.90 Å². The van der Waals surface area contributed by atoms with Crippen LogP contribution < -0.4 is 4.87 Å². The lowest BCUT2D eigenvalue weighted by molar-refractivity contribution is 0.337. The lowest BCUT2D eigenvalue weighted by Crippen LogP contribution is -2.20. The van der Waals surface area contributed by atoms with E-state index in [0.29, 0.717) is 5.92 Å². The predicted octanol–water partition coefficient (Wildman–Crippen LogP) is 1.28. The lowest BCUT2D eigenvalue weighted by Gasteiger charge is -2.15. The predicted molar refractivity (Wildman–Crippen MR) is 58.9 cm³/mol. The fourth-order valence-electron chi connectivity index (χ4n) is 1.15. The number of aromatic nitrogens is 2. The fraction of sp³-hybridized carbons (Fsp3) is 0.778. The van der Waals surface area contributed by atoms with E-state index in [0.717, 1.165) is 24.5 Å². The minimum Gasteiger partial charge on any atom is -0.307 e. The van der Waals surface area contributed by atoms with Gasteiger partial charge in [-0.2, -0.15) is 5.10 Å². The van der Waals surface area contributed by atoms with Crippen LogP contribution in [0.1, 0.15) is 31.2 Å². The maximum Gasteiger partial charge on any atom is 0.322 e. The molecule has 0 aliphatic heterocycles. The van der Waals surface area contributed by atoms with Crippen LogP contribution >= 0.6 is 11.3 Å². The summed E-state index contributed by atoms with van der Waals surface area (Å²) in [4.78, 5) is 13.1. The van der Waals surface area contributed by atoms with Crippen molar-refractivity contribution in [2.45, 2.75) is 26.2 Å². The molecule has 0 aliphatic rings. The van der Waals surface area contributed by atoms with E-state index in [1.165, 1.54) is 11.3 Å². The lowest BCUT2D eigenvalue weighted by atomic mass is 10.1. The van der Waals surface area contributed by atoms with Gasteiger partial charge in [0.15, 0.2) is 0 Å². The van der Waals surface area contributed by atoms with Crippen molar-refractivity contribution in [3.05, 3.63) is 14.7 Å². The second kappa shape index (κ2) is 5.26. The molecule has 0 unspecified atom stereocenters. The highest BCUT2D eigenvalue weighted by molar-refractivity contribution is 7.08. The Morgan fingerprint density at radius 2 is 2.36 bits per heavy atom. The number of H-pyrrole nitrogens is 1. The molecule has 5 heteroatoms. The maximum absolute atomic E-state index is 10.9. The largest absolute Gasteiger partial charge is 0.322 e. The van der Waals surface area contributed by atoms with Crippen LogP contribution in [0.4, 0.5) is 0 Å². The van der Waals surface area contributed by atoms with E-state index >= 15 is 0 Å². The van der Waals surface area contributed by atoms with E-state index in [2.05, 4.69) is 36.0 Å². The molecule has 0 aromatic carbocycles. The molecule has 80 valence electrons. The molecule has 14 heavy (non-hydrogen) atoms. The topological polar surface area (TPSA) is 49.0 Å². The van der Waals surface area contributed by atoms with Crippen LogP contribution in [0.25, 0.3) is 0 Å². The molecule has 1 heterocycles. The Morgan fingerprint density at radius 3 is 2.86 bits per heavy atom. The van der Waals surface area contributed by atoms with Crippen molar-refractivity contribution >= 4 is 11.3 Å². The summed E-state index contributed by atoms with van der Waals surface area (Å²) in [7, 11) is 2.10. The first-order chi connectivity index (χ1) is 6.63. The fourth-order valence-corrected chi connectivity index (χ4v) is 1.84. The molecule has 0 spiro atoms. The van der Waals surface area contributed by atoms with Gasteiger partial charge >= 0.3 is 4.87 Å². The van der Waals surface area contributed by atoms with Crippen LogP contribution in [0, 0.1) is 0 Å². The summed E-state index contributed by atoms with van der Waals surface area (Å²) in [6.45, 7) is 6.35. The summed E-state index contributed by atoms with van der Waals surface area (Å²) < 4.78 is 0. The smallest absolute Gasteiger partial charge is 0.307 e. The van der Waals surface area contributed by atoms with Crippen molar-refractivity contribution in [2.24, 2.45) is 0 Å². The summed E-state index contributed by atoms with van der Waals surface area (Å²) in [5.74, 6) is 0.368. The Labute approximate surface area is 88.0 Å². The average Bonchev–Trinajstić information content (AvgIpc) is 2.60. The van der Waals surface area contributed by atoms with Gasteiger partial charge in [-0.25, -0.2) is 5.10 Å². The summed E-state index contributed by atoms with van der Waals surface area (Å²) in [6.07, 6.45) is 1.05. The zero-order chi connectivity index (χ0) is 10.6. The molecule has 1 aromatic rings. The average molecular weight is 215 g/mol. The third kappa shape index (κ3) is 3.23. The minimum absolute atomic E-state index is 0.0595. The van der Waals surface area contributed by atoms with Gasteiger partial charge in [-0.05, 0) is 26.6 Å². The summed E-state index contributed by atoms with van der Waals surface area (Å²) >= 11 is 1.21. The van der Waals surface area contributed by atoms with E-state index in [4.69, 9.17) is 0 Å². The molecule has 0 saturated carbocycles. The Kier molecular flexibility index (Phi) is 4.28. The molecule has 0 amide bonds. The molecule has 0 aliphatic carbocycles. The SMILES string of the molecule is CCN(C)CC[C@@H](C)c1n[nH]c(=O)s1. The zero-order valence-electron chi connectivity index (χ0n) is 8.91. The van der Waals surface area contributed by atoms with Gasteiger partial charge in [0.05, 0.1) is 0 Å². The second-order valence-corrected chi connectivity index (χ2v) is 4.53. The highest BCUT2D eigenvalue weighted by atomic mass is 32.1. The molecule has 1 aromatic heterocycles. The first kappa shape index (κ1) is 11.4. The highest BCUT2D eigenvalue weighted by Crippen LogP contribution is 2.17. The van der Waals surface area contributed by atoms with E-state index in [9.17, 15) is 4.79 Å². The zero-order valence-corrected chi connectivity index (χ0v) is 9.73. The van der Waals surface area contributed by atoms with Crippen molar-refractivity contribution in [1.82, 2.24) is 15.1 Å². The van der Waals surface area contributed by atoms with Crippen molar-refractivity contribution in [3.8, 4) is 0 Å². The highest BCUT2D eigenvalue weighted by Gasteiger charge is 2.10. The van der Waals surface area contributed by atoms with Crippen LogP contribution in [-0.4, -0.2) is 35.2 Å². The van der Waals surface area contributed by atoms with Crippen molar-refractivity contribution in [1.29, 1.82) is 0 Å². The van der Waals surface area contributed by atoms with Crippen LogP contribution in [-0.2, 0) is 0 Å². The van der Waals surface area contributed by atoms with E-state index in [-0.39, 0.29) is 4.87 Å². The van der Waals surface area contributed by atoms with Crippen LogP contribution in [0.2, 0.25) is 0 Å². The molecule has 4 nitrogen and oxygen atoms in total. The van der Waals surface area contributed by atoms with Gasteiger partial charge in [0.1, 0.15) is 5.01 Å². The standard InChI is InChI=1S/C9H17N3OS/c1-4-12(3)6-5-7(2)8-10-11-9(13)14-8/h7H,4-6H2,1-3H3,(H,11,13)/t7-/m1/s1. The van der Waals surface area contributed by atoms with Crippen LogP contribution in [0.3, 0.4) is 0 Å². The van der Waals surface area contributed by atoms with Crippen molar-refractivity contribution < 1.29 is 0 Å². The Bertz CT molecular complexity index is 320. The quantitative estimate of drug-likeness (QED) is 0.805.